The molecule has 2 aromatic carbocycles. The number of nitrogens with zero attached hydrogens (tertiary/aromatic N) is 1. The van der Waals surface area contributed by atoms with Crippen molar-refractivity contribution in [3.8, 4) is 0 Å². The van der Waals surface area contributed by atoms with Gasteiger partial charge < -0.3 is 5.32 Å². The van der Waals surface area contributed by atoms with E-state index in [9.17, 15) is 0 Å². The molecular formula is C18H20N2S. The van der Waals surface area contributed by atoms with Crippen LogP contribution in [0.3, 0.4) is 0 Å². The van der Waals surface area contributed by atoms with Crippen molar-refractivity contribution in [2.75, 3.05) is 5.32 Å². The summed E-state index contributed by atoms with van der Waals surface area (Å²) >= 11 is 1.72. The molecule has 21 heavy (non-hydrogen) atoms. The van der Waals surface area contributed by atoms with Gasteiger partial charge >= 0.3 is 0 Å². The summed E-state index contributed by atoms with van der Waals surface area (Å²) in [6, 6.07) is 12.9. The van der Waals surface area contributed by atoms with Gasteiger partial charge in [-0.3, -0.25) is 0 Å². The fourth-order valence-electron chi connectivity index (χ4n) is 2.65. The fraction of sp³-hybridized carbons (Fsp3) is 0.278. The van der Waals surface area contributed by atoms with Crippen LogP contribution in [-0.4, -0.2) is 4.98 Å². The van der Waals surface area contributed by atoms with Crippen molar-refractivity contribution >= 4 is 32.4 Å². The van der Waals surface area contributed by atoms with E-state index in [1.54, 1.807) is 11.3 Å². The monoisotopic (exact) mass is 296 g/mol. The van der Waals surface area contributed by atoms with Gasteiger partial charge in [0.15, 0.2) is 5.13 Å². The zero-order chi connectivity index (χ0) is 14.8. The van der Waals surface area contributed by atoms with Crippen LogP contribution < -0.4 is 5.32 Å². The molecule has 1 N–H and O–H groups in total. The lowest BCUT2D eigenvalue weighted by atomic mass is 10.0. The van der Waals surface area contributed by atoms with Gasteiger partial charge in [-0.15, -0.1) is 0 Å². The second kappa shape index (κ2) is 5.86. The number of thiazole rings is 1. The Morgan fingerprint density at radius 1 is 1.00 bits per heavy atom. The van der Waals surface area contributed by atoms with E-state index < -0.39 is 0 Å². The molecule has 0 amide bonds. The normalized spacial score (nSPS) is 11.0. The lowest BCUT2D eigenvalue weighted by molar-refractivity contribution is 1.09. The lowest BCUT2D eigenvalue weighted by Crippen LogP contribution is -1.99. The van der Waals surface area contributed by atoms with E-state index in [0.717, 1.165) is 23.5 Å². The molecule has 0 aliphatic carbocycles. The second-order valence-electron chi connectivity index (χ2n) is 5.22. The standard InChI is InChI=1S/C18H20N2S/c1-4-13-9-7-10-14(5-2)17(13)20-18-19-16-12(3)8-6-11-15(16)21-18/h6-11H,4-5H2,1-3H3,(H,19,20). The van der Waals surface area contributed by atoms with Crippen molar-refractivity contribution in [2.45, 2.75) is 33.6 Å². The third kappa shape index (κ3) is 2.66. The van der Waals surface area contributed by atoms with Crippen molar-refractivity contribution in [3.63, 3.8) is 0 Å². The summed E-state index contributed by atoms with van der Waals surface area (Å²) in [5, 5.41) is 4.55. The zero-order valence-corrected chi connectivity index (χ0v) is 13.6. The molecule has 108 valence electrons. The van der Waals surface area contributed by atoms with Crippen LogP contribution in [-0.2, 0) is 12.8 Å². The van der Waals surface area contributed by atoms with E-state index >= 15 is 0 Å². The minimum atomic E-state index is 0.981. The Morgan fingerprint density at radius 2 is 1.67 bits per heavy atom. The maximum atomic E-state index is 4.77. The van der Waals surface area contributed by atoms with Crippen molar-refractivity contribution in [1.82, 2.24) is 4.98 Å². The number of fused-ring (bicyclic) bond motifs is 1. The Balaban J connectivity index is 2.04. The summed E-state index contributed by atoms with van der Waals surface area (Å²) in [6.07, 6.45) is 2.06. The van der Waals surface area contributed by atoms with Crippen LogP contribution in [0, 0.1) is 6.92 Å². The van der Waals surface area contributed by atoms with E-state index in [-0.39, 0.29) is 0 Å². The van der Waals surface area contributed by atoms with Gasteiger partial charge in [-0.05, 0) is 42.5 Å². The molecule has 0 fully saturated rings. The van der Waals surface area contributed by atoms with Gasteiger partial charge in [0.25, 0.3) is 0 Å². The highest BCUT2D eigenvalue weighted by atomic mass is 32.1. The summed E-state index contributed by atoms with van der Waals surface area (Å²) < 4.78 is 1.24. The molecule has 0 saturated carbocycles. The van der Waals surface area contributed by atoms with E-state index in [1.165, 1.54) is 27.1 Å². The van der Waals surface area contributed by atoms with Crippen LogP contribution in [0.4, 0.5) is 10.8 Å². The van der Waals surface area contributed by atoms with Crippen LogP contribution in [0.5, 0.6) is 0 Å². The summed E-state index contributed by atoms with van der Waals surface area (Å²) in [6.45, 7) is 6.51. The van der Waals surface area contributed by atoms with Gasteiger partial charge in [-0.2, -0.15) is 0 Å². The fourth-order valence-corrected chi connectivity index (χ4v) is 3.60. The summed E-state index contributed by atoms with van der Waals surface area (Å²) in [4.78, 5) is 4.77. The molecule has 0 aliphatic heterocycles. The van der Waals surface area contributed by atoms with Crippen LogP contribution in [0.1, 0.15) is 30.5 Å². The van der Waals surface area contributed by atoms with Crippen LogP contribution >= 0.6 is 11.3 Å². The molecule has 1 aromatic heterocycles. The highest BCUT2D eigenvalue weighted by Gasteiger charge is 2.10. The SMILES string of the molecule is CCc1cccc(CC)c1Nc1nc2c(C)cccc2s1. The smallest absolute Gasteiger partial charge is 0.188 e. The molecule has 3 heteroatoms. The number of aromatic nitrogens is 1. The Morgan fingerprint density at radius 3 is 2.29 bits per heavy atom. The number of hydrogen-bond donors (Lipinski definition) is 1. The minimum absolute atomic E-state index is 0.981. The Labute approximate surface area is 129 Å². The van der Waals surface area contributed by atoms with Gasteiger partial charge in [0, 0.05) is 5.69 Å². The van der Waals surface area contributed by atoms with Gasteiger partial charge in [-0.25, -0.2) is 4.98 Å². The van der Waals surface area contributed by atoms with E-state index in [1.807, 2.05) is 0 Å². The Kier molecular flexibility index (Phi) is 3.93. The molecule has 0 saturated heterocycles. The third-order valence-electron chi connectivity index (χ3n) is 3.85. The predicted molar refractivity (Wildman–Crippen MR) is 92.8 cm³/mol. The maximum absolute atomic E-state index is 4.77. The number of para-hydroxylation sites is 2. The van der Waals surface area contributed by atoms with Crippen molar-refractivity contribution in [2.24, 2.45) is 0 Å². The molecular weight excluding hydrogens is 276 g/mol. The van der Waals surface area contributed by atoms with Crippen LogP contribution in [0.15, 0.2) is 36.4 Å². The average molecular weight is 296 g/mol. The molecule has 3 aromatic rings. The summed E-state index contributed by atoms with van der Waals surface area (Å²) in [7, 11) is 0. The quantitative estimate of drug-likeness (QED) is 0.690. The lowest BCUT2D eigenvalue weighted by Gasteiger charge is -2.13. The van der Waals surface area contributed by atoms with Crippen LogP contribution in [0.25, 0.3) is 10.2 Å². The largest absolute Gasteiger partial charge is 0.331 e. The van der Waals surface area contributed by atoms with E-state index in [4.69, 9.17) is 4.98 Å². The maximum Gasteiger partial charge on any atom is 0.188 e. The van der Waals surface area contributed by atoms with Crippen molar-refractivity contribution in [3.05, 3.63) is 53.1 Å². The molecule has 0 atom stereocenters. The Bertz CT molecular complexity index is 752. The predicted octanol–water partition coefficient (Wildman–Crippen LogP) is 5.47. The third-order valence-corrected chi connectivity index (χ3v) is 4.79. The van der Waals surface area contributed by atoms with Crippen LogP contribution in [0.2, 0.25) is 0 Å². The van der Waals surface area contributed by atoms with E-state index in [0.29, 0.717) is 0 Å². The first-order valence-electron chi connectivity index (χ1n) is 7.46. The summed E-state index contributed by atoms with van der Waals surface area (Å²) in [5.41, 5.74) is 6.28. The van der Waals surface area contributed by atoms with Crippen molar-refractivity contribution < 1.29 is 0 Å². The highest BCUT2D eigenvalue weighted by Crippen LogP contribution is 2.32. The molecule has 0 bridgehead atoms. The molecule has 0 radical (unpaired) electrons. The molecule has 3 rings (SSSR count). The minimum Gasteiger partial charge on any atom is -0.331 e. The number of aryl methyl sites for hydroxylation is 3. The van der Waals surface area contributed by atoms with Gasteiger partial charge in [0.05, 0.1) is 10.2 Å². The molecule has 2 nitrogen and oxygen atoms in total. The number of benzene rings is 2. The highest BCUT2D eigenvalue weighted by molar-refractivity contribution is 7.22. The first-order valence-corrected chi connectivity index (χ1v) is 8.28. The topological polar surface area (TPSA) is 24.9 Å². The number of anilines is 2. The molecule has 0 spiro atoms. The first kappa shape index (κ1) is 14.1. The van der Waals surface area contributed by atoms with Gasteiger partial charge in [0.1, 0.15) is 0 Å². The molecule has 0 aliphatic rings. The van der Waals surface area contributed by atoms with Gasteiger partial charge in [-0.1, -0.05) is 55.5 Å². The number of hydrogen-bond acceptors (Lipinski definition) is 3. The van der Waals surface area contributed by atoms with Gasteiger partial charge in [0.2, 0.25) is 0 Å². The zero-order valence-electron chi connectivity index (χ0n) is 12.7. The first-order chi connectivity index (χ1) is 10.2. The van der Waals surface area contributed by atoms with E-state index in [2.05, 4.69) is 62.5 Å². The number of rotatable bonds is 4. The Hall–Kier alpha value is -1.87. The second-order valence-corrected chi connectivity index (χ2v) is 6.25. The summed E-state index contributed by atoms with van der Waals surface area (Å²) in [5.74, 6) is 0. The number of nitrogens with one attached hydrogen (secondary N) is 1. The average Bonchev–Trinajstić information content (AvgIpc) is 2.91. The van der Waals surface area contributed by atoms with Crippen molar-refractivity contribution in [1.29, 1.82) is 0 Å². The molecule has 0 unspecified atom stereocenters. The molecule has 1 heterocycles.